The van der Waals surface area contributed by atoms with Gasteiger partial charge in [-0.15, -0.1) is 0 Å². The molecule has 0 spiro atoms. The molecule has 0 unspecified atom stereocenters. The molecule has 1 heterocycles. The number of rotatable bonds is 2. The van der Waals surface area contributed by atoms with Crippen molar-refractivity contribution in [1.29, 1.82) is 0 Å². The normalized spacial score (nSPS) is 16.4. The maximum Gasteiger partial charge on any atom is 0.253 e. The van der Waals surface area contributed by atoms with Gasteiger partial charge in [0.25, 0.3) is 5.91 Å². The highest BCUT2D eigenvalue weighted by Gasteiger charge is 2.20. The summed E-state index contributed by atoms with van der Waals surface area (Å²) in [6.45, 7) is 1.56. The van der Waals surface area contributed by atoms with E-state index < -0.39 is 9.84 Å². The molecule has 0 bridgehead atoms. The van der Waals surface area contributed by atoms with Gasteiger partial charge in [0.2, 0.25) is 0 Å². The van der Waals surface area contributed by atoms with Crippen LogP contribution in [0, 0.1) is 0 Å². The maximum atomic E-state index is 12.3. The number of nitrogens with zero attached hydrogens (tertiary/aromatic N) is 1. The predicted molar refractivity (Wildman–Crippen MR) is 77.0 cm³/mol. The smallest absolute Gasteiger partial charge is 0.253 e. The molecule has 1 aromatic rings. The average molecular weight is 346 g/mol. The van der Waals surface area contributed by atoms with Gasteiger partial charge in [-0.3, -0.25) is 4.79 Å². The first-order valence-corrected chi connectivity index (χ1v) is 8.87. The second kappa shape index (κ2) is 5.63. The van der Waals surface area contributed by atoms with Crippen molar-refractivity contribution >= 4 is 31.7 Å². The Morgan fingerprint density at radius 3 is 2.37 bits per heavy atom. The van der Waals surface area contributed by atoms with Crippen molar-refractivity contribution in [3.05, 3.63) is 28.2 Å². The standard InChI is InChI=1S/C13H16BrNO3S/c1-19(17,18)12-6-5-10(9-11(12)14)13(16)15-7-3-2-4-8-15/h5-6,9H,2-4,7-8H2,1H3. The molecule has 1 aromatic carbocycles. The van der Waals surface area contributed by atoms with E-state index in [-0.39, 0.29) is 10.8 Å². The van der Waals surface area contributed by atoms with Crippen LogP contribution in [-0.2, 0) is 9.84 Å². The van der Waals surface area contributed by atoms with Crippen LogP contribution in [0.25, 0.3) is 0 Å². The van der Waals surface area contributed by atoms with Gasteiger partial charge in [0.15, 0.2) is 9.84 Å². The Kier molecular flexibility index (Phi) is 4.30. The van der Waals surface area contributed by atoms with E-state index in [0.717, 1.165) is 32.2 Å². The van der Waals surface area contributed by atoms with E-state index in [2.05, 4.69) is 15.9 Å². The van der Waals surface area contributed by atoms with Crippen molar-refractivity contribution in [2.24, 2.45) is 0 Å². The van der Waals surface area contributed by atoms with Crippen molar-refractivity contribution < 1.29 is 13.2 Å². The van der Waals surface area contributed by atoms with Gasteiger partial charge in [0, 0.05) is 29.4 Å². The van der Waals surface area contributed by atoms with Crippen LogP contribution >= 0.6 is 15.9 Å². The number of sulfone groups is 1. The van der Waals surface area contributed by atoms with Crippen molar-refractivity contribution in [2.75, 3.05) is 19.3 Å². The Balaban J connectivity index is 2.27. The fraction of sp³-hybridized carbons (Fsp3) is 0.462. The third-order valence-corrected chi connectivity index (χ3v) is 5.30. The molecule has 1 saturated heterocycles. The molecule has 4 nitrogen and oxygen atoms in total. The highest BCUT2D eigenvalue weighted by molar-refractivity contribution is 9.10. The highest BCUT2D eigenvalue weighted by Crippen LogP contribution is 2.24. The van der Waals surface area contributed by atoms with Gasteiger partial charge in [0.1, 0.15) is 0 Å². The number of piperidine rings is 1. The monoisotopic (exact) mass is 345 g/mol. The quantitative estimate of drug-likeness (QED) is 0.827. The van der Waals surface area contributed by atoms with Crippen LogP contribution in [-0.4, -0.2) is 38.6 Å². The molecule has 1 aliphatic rings. The third kappa shape index (κ3) is 3.36. The Bertz CT molecular complexity index is 592. The van der Waals surface area contributed by atoms with E-state index in [1.807, 2.05) is 4.90 Å². The summed E-state index contributed by atoms with van der Waals surface area (Å²) in [5.74, 6) is -0.0274. The zero-order valence-corrected chi connectivity index (χ0v) is 13.1. The van der Waals surface area contributed by atoms with Gasteiger partial charge in [-0.1, -0.05) is 0 Å². The summed E-state index contributed by atoms with van der Waals surface area (Å²) in [5.41, 5.74) is 0.529. The number of halogens is 1. The Labute approximate surface area is 121 Å². The van der Waals surface area contributed by atoms with Crippen LogP contribution in [0.15, 0.2) is 27.6 Å². The van der Waals surface area contributed by atoms with Crippen molar-refractivity contribution in [3.63, 3.8) is 0 Å². The summed E-state index contributed by atoms with van der Waals surface area (Å²) in [5, 5.41) is 0. The minimum atomic E-state index is -3.27. The fourth-order valence-corrected chi connectivity index (χ4v) is 4.20. The van der Waals surface area contributed by atoms with Crippen molar-refractivity contribution in [2.45, 2.75) is 24.2 Å². The molecule has 1 amide bonds. The molecule has 6 heteroatoms. The zero-order chi connectivity index (χ0) is 14.0. The molecule has 0 saturated carbocycles. The molecule has 104 valence electrons. The van der Waals surface area contributed by atoms with E-state index in [1.54, 1.807) is 12.1 Å². The molecular weight excluding hydrogens is 330 g/mol. The van der Waals surface area contributed by atoms with Crippen molar-refractivity contribution in [1.82, 2.24) is 4.90 Å². The van der Waals surface area contributed by atoms with E-state index in [9.17, 15) is 13.2 Å². The SMILES string of the molecule is CS(=O)(=O)c1ccc(C(=O)N2CCCCC2)cc1Br. The van der Waals surface area contributed by atoms with Crippen LogP contribution < -0.4 is 0 Å². The third-order valence-electron chi connectivity index (χ3n) is 3.22. The molecule has 0 N–H and O–H groups in total. The molecule has 0 aromatic heterocycles. The fourth-order valence-electron chi connectivity index (χ4n) is 2.21. The Morgan fingerprint density at radius 2 is 1.84 bits per heavy atom. The molecule has 2 rings (SSSR count). The summed E-state index contributed by atoms with van der Waals surface area (Å²) in [4.78, 5) is 14.3. The van der Waals surface area contributed by atoms with E-state index in [0.29, 0.717) is 10.0 Å². The summed E-state index contributed by atoms with van der Waals surface area (Å²) in [6, 6.07) is 4.65. The lowest BCUT2D eigenvalue weighted by Crippen LogP contribution is -2.35. The Morgan fingerprint density at radius 1 is 1.21 bits per heavy atom. The van der Waals surface area contributed by atoms with Crippen LogP contribution in [0.2, 0.25) is 0 Å². The van der Waals surface area contributed by atoms with Gasteiger partial charge >= 0.3 is 0 Å². The number of carbonyl (C=O) groups is 1. The minimum Gasteiger partial charge on any atom is -0.339 e. The lowest BCUT2D eigenvalue weighted by atomic mass is 10.1. The summed E-state index contributed by atoms with van der Waals surface area (Å²) < 4.78 is 23.5. The highest BCUT2D eigenvalue weighted by atomic mass is 79.9. The first-order valence-electron chi connectivity index (χ1n) is 6.18. The number of hydrogen-bond donors (Lipinski definition) is 0. The number of hydrogen-bond acceptors (Lipinski definition) is 3. The molecule has 1 fully saturated rings. The largest absolute Gasteiger partial charge is 0.339 e. The van der Waals surface area contributed by atoms with E-state index in [4.69, 9.17) is 0 Å². The molecule has 0 atom stereocenters. The van der Waals surface area contributed by atoms with Gasteiger partial charge in [-0.05, 0) is 53.4 Å². The van der Waals surface area contributed by atoms with Crippen LogP contribution in [0.3, 0.4) is 0 Å². The van der Waals surface area contributed by atoms with Gasteiger partial charge < -0.3 is 4.90 Å². The van der Waals surface area contributed by atoms with E-state index >= 15 is 0 Å². The molecule has 0 radical (unpaired) electrons. The number of amides is 1. The second-order valence-electron chi connectivity index (χ2n) is 4.77. The number of likely N-dealkylation sites (tertiary alicyclic amines) is 1. The lowest BCUT2D eigenvalue weighted by molar-refractivity contribution is 0.0724. The van der Waals surface area contributed by atoms with Crippen LogP contribution in [0.1, 0.15) is 29.6 Å². The number of carbonyl (C=O) groups excluding carboxylic acids is 1. The molecule has 1 aliphatic heterocycles. The topological polar surface area (TPSA) is 54.5 Å². The summed E-state index contributed by atoms with van der Waals surface area (Å²) in [7, 11) is -3.27. The average Bonchev–Trinajstić information content (AvgIpc) is 2.37. The molecule has 19 heavy (non-hydrogen) atoms. The first kappa shape index (κ1) is 14.5. The summed E-state index contributed by atoms with van der Waals surface area (Å²) in [6.07, 6.45) is 4.39. The van der Waals surface area contributed by atoms with E-state index in [1.165, 1.54) is 12.5 Å². The first-order chi connectivity index (χ1) is 8.89. The van der Waals surface area contributed by atoms with Gasteiger partial charge in [0.05, 0.1) is 4.90 Å². The second-order valence-corrected chi connectivity index (χ2v) is 7.61. The Hall–Kier alpha value is -0.880. The molecule has 0 aliphatic carbocycles. The zero-order valence-electron chi connectivity index (χ0n) is 10.7. The minimum absolute atomic E-state index is 0.0274. The predicted octanol–water partition coefficient (Wildman–Crippen LogP) is 2.48. The molecular formula is C13H16BrNO3S. The number of benzene rings is 1. The maximum absolute atomic E-state index is 12.3. The van der Waals surface area contributed by atoms with Gasteiger partial charge in [-0.2, -0.15) is 0 Å². The van der Waals surface area contributed by atoms with Crippen molar-refractivity contribution in [3.8, 4) is 0 Å². The lowest BCUT2D eigenvalue weighted by Gasteiger charge is -2.26. The summed E-state index contributed by atoms with van der Waals surface area (Å²) >= 11 is 3.23. The van der Waals surface area contributed by atoms with Gasteiger partial charge in [-0.25, -0.2) is 8.42 Å². The van der Waals surface area contributed by atoms with Crippen LogP contribution in [0.5, 0.6) is 0 Å². The van der Waals surface area contributed by atoms with Crippen LogP contribution in [0.4, 0.5) is 0 Å².